The SMILES string of the molecule is COc1ccccc1OCC(=O)N1CC=C(c2c[nH]c3c(Cl)cccc23)CC1. The molecule has 0 fully saturated rings. The van der Waals surface area contributed by atoms with Gasteiger partial charge in [0.15, 0.2) is 18.1 Å². The van der Waals surface area contributed by atoms with Crippen LogP contribution in [0.25, 0.3) is 16.5 Å². The largest absolute Gasteiger partial charge is 0.493 e. The predicted molar refractivity (Wildman–Crippen MR) is 111 cm³/mol. The van der Waals surface area contributed by atoms with E-state index in [1.807, 2.05) is 36.5 Å². The third kappa shape index (κ3) is 3.58. The Kier molecular flexibility index (Phi) is 5.26. The third-order valence-electron chi connectivity index (χ3n) is 4.99. The number of amides is 1. The van der Waals surface area contributed by atoms with Gasteiger partial charge < -0.3 is 19.4 Å². The molecule has 1 amide bonds. The van der Waals surface area contributed by atoms with Gasteiger partial charge in [0.25, 0.3) is 5.91 Å². The van der Waals surface area contributed by atoms with Crippen molar-refractivity contribution in [3.63, 3.8) is 0 Å². The van der Waals surface area contributed by atoms with Crippen LogP contribution in [0.15, 0.2) is 54.7 Å². The summed E-state index contributed by atoms with van der Waals surface area (Å²) >= 11 is 6.25. The number of hydrogen-bond donors (Lipinski definition) is 1. The number of nitrogens with one attached hydrogen (secondary N) is 1. The van der Waals surface area contributed by atoms with Crippen molar-refractivity contribution in [2.24, 2.45) is 0 Å². The van der Waals surface area contributed by atoms with Crippen molar-refractivity contribution in [2.75, 3.05) is 26.8 Å². The van der Waals surface area contributed by atoms with Gasteiger partial charge in [0.05, 0.1) is 17.6 Å². The van der Waals surface area contributed by atoms with E-state index < -0.39 is 0 Å². The van der Waals surface area contributed by atoms with E-state index in [-0.39, 0.29) is 12.5 Å². The normalized spacial score (nSPS) is 14.1. The Hall–Kier alpha value is -2.92. The Labute approximate surface area is 168 Å². The van der Waals surface area contributed by atoms with Crippen LogP contribution in [0.4, 0.5) is 0 Å². The van der Waals surface area contributed by atoms with Crippen LogP contribution in [-0.4, -0.2) is 42.6 Å². The van der Waals surface area contributed by atoms with Gasteiger partial charge in [-0.3, -0.25) is 4.79 Å². The molecular weight excluding hydrogens is 376 g/mol. The Bertz CT molecular complexity index is 1040. The molecular formula is C22H21ClN2O3. The van der Waals surface area contributed by atoms with Gasteiger partial charge in [-0.15, -0.1) is 0 Å². The van der Waals surface area contributed by atoms with E-state index in [0.29, 0.717) is 29.6 Å². The molecule has 0 radical (unpaired) electrons. The van der Waals surface area contributed by atoms with Crippen molar-refractivity contribution in [1.29, 1.82) is 0 Å². The summed E-state index contributed by atoms with van der Waals surface area (Å²) < 4.78 is 10.9. The van der Waals surface area contributed by atoms with Gasteiger partial charge in [-0.05, 0) is 30.2 Å². The monoisotopic (exact) mass is 396 g/mol. The molecule has 0 unspecified atom stereocenters. The lowest BCUT2D eigenvalue weighted by molar-refractivity contribution is -0.132. The molecule has 0 bridgehead atoms. The van der Waals surface area contributed by atoms with Crippen LogP contribution >= 0.6 is 11.6 Å². The van der Waals surface area contributed by atoms with E-state index >= 15 is 0 Å². The molecule has 0 atom stereocenters. The second kappa shape index (κ2) is 7.98. The van der Waals surface area contributed by atoms with Crippen molar-refractivity contribution >= 4 is 34.0 Å². The predicted octanol–water partition coefficient (Wildman–Crippen LogP) is 4.52. The van der Waals surface area contributed by atoms with E-state index in [1.54, 1.807) is 18.1 Å². The number of rotatable bonds is 5. The molecule has 2 aromatic carbocycles. The lowest BCUT2D eigenvalue weighted by atomic mass is 9.99. The standard InChI is InChI=1S/C22H21ClN2O3/c1-27-19-7-2-3-8-20(19)28-14-21(26)25-11-9-15(10-12-25)17-13-24-22-16(17)5-4-6-18(22)23/h2-9,13,24H,10-12,14H2,1H3. The minimum Gasteiger partial charge on any atom is -0.493 e. The van der Waals surface area contributed by atoms with Crippen molar-refractivity contribution in [3.05, 3.63) is 65.3 Å². The minimum absolute atomic E-state index is 0.00770. The van der Waals surface area contributed by atoms with Crippen LogP contribution in [0, 0.1) is 0 Å². The van der Waals surface area contributed by atoms with Crippen LogP contribution in [0.5, 0.6) is 11.5 Å². The number of H-pyrrole nitrogens is 1. The van der Waals surface area contributed by atoms with Gasteiger partial charge in [-0.2, -0.15) is 0 Å². The number of aromatic nitrogens is 1. The summed E-state index contributed by atoms with van der Waals surface area (Å²) in [6.45, 7) is 1.22. The van der Waals surface area contributed by atoms with Crippen molar-refractivity contribution < 1.29 is 14.3 Å². The highest BCUT2D eigenvalue weighted by Gasteiger charge is 2.20. The first-order chi connectivity index (χ1) is 13.7. The summed E-state index contributed by atoms with van der Waals surface area (Å²) in [5, 5.41) is 1.82. The Balaban J connectivity index is 1.42. The number of fused-ring (bicyclic) bond motifs is 1. The van der Waals surface area contributed by atoms with Crippen LogP contribution in [-0.2, 0) is 4.79 Å². The summed E-state index contributed by atoms with van der Waals surface area (Å²) in [6, 6.07) is 13.2. The van der Waals surface area contributed by atoms with Gasteiger partial charge in [0.2, 0.25) is 0 Å². The number of benzene rings is 2. The molecule has 0 saturated heterocycles. The van der Waals surface area contributed by atoms with E-state index in [9.17, 15) is 4.79 Å². The maximum Gasteiger partial charge on any atom is 0.260 e. The highest BCUT2D eigenvalue weighted by Crippen LogP contribution is 2.32. The number of halogens is 1. The second-order valence-electron chi connectivity index (χ2n) is 6.62. The zero-order chi connectivity index (χ0) is 19.5. The number of carbonyl (C=O) groups excluding carboxylic acids is 1. The molecule has 1 aliphatic heterocycles. The quantitative estimate of drug-likeness (QED) is 0.689. The average molecular weight is 397 g/mol. The maximum absolute atomic E-state index is 12.5. The second-order valence-corrected chi connectivity index (χ2v) is 7.03. The molecule has 3 aromatic rings. The minimum atomic E-state index is -0.0387. The van der Waals surface area contributed by atoms with E-state index in [1.165, 1.54) is 5.57 Å². The molecule has 1 aliphatic rings. The molecule has 4 rings (SSSR count). The lowest BCUT2D eigenvalue weighted by Crippen LogP contribution is -2.37. The molecule has 2 heterocycles. The molecule has 28 heavy (non-hydrogen) atoms. The van der Waals surface area contributed by atoms with Crippen LogP contribution in [0.3, 0.4) is 0 Å². The van der Waals surface area contributed by atoms with Crippen LogP contribution < -0.4 is 9.47 Å². The first-order valence-corrected chi connectivity index (χ1v) is 9.54. The van der Waals surface area contributed by atoms with E-state index in [4.69, 9.17) is 21.1 Å². The highest BCUT2D eigenvalue weighted by molar-refractivity contribution is 6.35. The number of nitrogens with zero attached hydrogens (tertiary/aromatic N) is 1. The summed E-state index contributed by atoms with van der Waals surface area (Å²) in [7, 11) is 1.58. The summed E-state index contributed by atoms with van der Waals surface area (Å²) in [5.74, 6) is 1.15. The molecule has 6 heteroatoms. The lowest BCUT2D eigenvalue weighted by Gasteiger charge is -2.26. The fourth-order valence-corrected chi connectivity index (χ4v) is 3.72. The zero-order valence-electron chi connectivity index (χ0n) is 15.6. The Morgan fingerprint density at radius 3 is 2.75 bits per heavy atom. The molecule has 1 aromatic heterocycles. The summed E-state index contributed by atoms with van der Waals surface area (Å²) in [4.78, 5) is 17.6. The van der Waals surface area contributed by atoms with Crippen LogP contribution in [0.1, 0.15) is 12.0 Å². The first-order valence-electron chi connectivity index (χ1n) is 9.16. The molecule has 0 aliphatic carbocycles. The molecule has 0 spiro atoms. The van der Waals surface area contributed by atoms with Gasteiger partial charge in [-0.25, -0.2) is 0 Å². The Morgan fingerprint density at radius 1 is 1.18 bits per heavy atom. The third-order valence-corrected chi connectivity index (χ3v) is 5.31. The van der Waals surface area contributed by atoms with Gasteiger partial charge in [0.1, 0.15) is 0 Å². The number of hydrogen-bond acceptors (Lipinski definition) is 3. The van der Waals surface area contributed by atoms with Crippen LogP contribution in [0.2, 0.25) is 5.02 Å². The van der Waals surface area contributed by atoms with Crippen molar-refractivity contribution in [3.8, 4) is 11.5 Å². The molecule has 5 nitrogen and oxygen atoms in total. The first kappa shape index (κ1) is 18.4. The van der Waals surface area contributed by atoms with Gasteiger partial charge in [0, 0.05) is 30.2 Å². The maximum atomic E-state index is 12.5. The summed E-state index contributed by atoms with van der Waals surface area (Å²) in [6.07, 6.45) is 4.89. The van der Waals surface area contributed by atoms with E-state index in [2.05, 4.69) is 17.1 Å². The number of para-hydroxylation sites is 3. The number of aromatic amines is 1. The number of methoxy groups -OCH3 is 1. The fraction of sp³-hybridized carbons (Fsp3) is 0.227. The summed E-state index contributed by atoms with van der Waals surface area (Å²) in [5.41, 5.74) is 3.32. The van der Waals surface area contributed by atoms with Crippen molar-refractivity contribution in [1.82, 2.24) is 9.88 Å². The van der Waals surface area contributed by atoms with Gasteiger partial charge in [-0.1, -0.05) is 41.9 Å². The van der Waals surface area contributed by atoms with Gasteiger partial charge >= 0.3 is 0 Å². The molecule has 0 saturated carbocycles. The van der Waals surface area contributed by atoms with E-state index in [0.717, 1.165) is 22.9 Å². The molecule has 1 N–H and O–H groups in total. The number of ether oxygens (including phenoxy) is 2. The fourth-order valence-electron chi connectivity index (χ4n) is 3.49. The van der Waals surface area contributed by atoms with Crippen molar-refractivity contribution in [2.45, 2.75) is 6.42 Å². The molecule has 144 valence electrons. The Morgan fingerprint density at radius 2 is 2.00 bits per heavy atom. The smallest absolute Gasteiger partial charge is 0.260 e. The number of carbonyl (C=O) groups is 1. The highest BCUT2D eigenvalue weighted by atomic mass is 35.5. The zero-order valence-corrected chi connectivity index (χ0v) is 16.3. The topological polar surface area (TPSA) is 54.6 Å². The average Bonchev–Trinajstić information content (AvgIpc) is 3.18.